The minimum atomic E-state index is -0.113. The van der Waals surface area contributed by atoms with Gasteiger partial charge in [-0.15, -0.1) is 11.3 Å². The Hall–Kier alpha value is -1.72. The van der Waals surface area contributed by atoms with Gasteiger partial charge in [-0.2, -0.15) is 0 Å². The van der Waals surface area contributed by atoms with Crippen molar-refractivity contribution in [2.24, 2.45) is 5.73 Å². The van der Waals surface area contributed by atoms with Gasteiger partial charge in [0.2, 0.25) is 0 Å². The van der Waals surface area contributed by atoms with Crippen LogP contribution in [0.25, 0.3) is 0 Å². The fraction of sp³-hybridized carbons (Fsp3) is 0.333. The highest BCUT2D eigenvalue weighted by Gasteiger charge is 2.16. The van der Waals surface area contributed by atoms with Gasteiger partial charge in [-0.1, -0.05) is 26.0 Å². The molecule has 2 rings (SSSR count). The van der Waals surface area contributed by atoms with Gasteiger partial charge in [0, 0.05) is 24.7 Å². The van der Waals surface area contributed by atoms with Gasteiger partial charge in [0.1, 0.15) is 10.7 Å². The Labute approximate surface area is 123 Å². The molecule has 0 radical (unpaired) electrons. The van der Waals surface area contributed by atoms with Crippen molar-refractivity contribution in [3.63, 3.8) is 0 Å². The van der Waals surface area contributed by atoms with E-state index in [1.807, 2.05) is 12.1 Å². The van der Waals surface area contributed by atoms with E-state index in [0.29, 0.717) is 18.2 Å². The summed E-state index contributed by atoms with van der Waals surface area (Å²) < 4.78 is 0. The second-order valence-electron chi connectivity index (χ2n) is 4.94. The summed E-state index contributed by atoms with van der Waals surface area (Å²) in [5, 5.41) is 2.53. The van der Waals surface area contributed by atoms with Crippen LogP contribution in [0.1, 0.15) is 40.8 Å². The summed E-state index contributed by atoms with van der Waals surface area (Å²) in [6.07, 6.45) is 0. The third kappa shape index (κ3) is 3.05. The zero-order chi connectivity index (χ0) is 14.7. The topological polar surface area (TPSA) is 59.2 Å². The van der Waals surface area contributed by atoms with E-state index in [1.165, 1.54) is 16.9 Å². The zero-order valence-electron chi connectivity index (χ0n) is 12.0. The number of anilines is 1. The van der Waals surface area contributed by atoms with Crippen LogP contribution < -0.4 is 10.6 Å². The molecular weight excluding hydrogens is 270 g/mol. The van der Waals surface area contributed by atoms with Crippen LogP contribution in [0.4, 0.5) is 5.69 Å². The van der Waals surface area contributed by atoms with Crippen molar-refractivity contribution in [3.05, 3.63) is 45.9 Å². The summed E-state index contributed by atoms with van der Waals surface area (Å²) in [6, 6.07) is 8.03. The first kappa shape index (κ1) is 14.7. The van der Waals surface area contributed by atoms with Crippen molar-refractivity contribution in [1.82, 2.24) is 4.98 Å². The average molecular weight is 289 g/mol. The highest BCUT2D eigenvalue weighted by atomic mass is 32.1. The number of hydrogen-bond donors (Lipinski definition) is 1. The lowest BCUT2D eigenvalue weighted by molar-refractivity contribution is 0.0989. The summed E-state index contributed by atoms with van der Waals surface area (Å²) >= 11 is 1.41. The molecule has 0 atom stereocenters. The molecule has 2 N–H and O–H groups in total. The zero-order valence-corrected chi connectivity index (χ0v) is 12.8. The number of benzene rings is 1. The molecule has 2 aromatic rings. The quantitative estimate of drug-likeness (QED) is 0.941. The molecule has 0 aliphatic heterocycles. The monoisotopic (exact) mass is 289 g/mol. The molecule has 0 saturated carbocycles. The fourth-order valence-corrected chi connectivity index (χ4v) is 2.52. The molecule has 0 aliphatic carbocycles. The maximum atomic E-state index is 12.3. The number of amides is 1. The summed E-state index contributed by atoms with van der Waals surface area (Å²) in [6.45, 7) is 4.66. The van der Waals surface area contributed by atoms with Crippen molar-refractivity contribution >= 4 is 22.9 Å². The number of thiazole rings is 1. The van der Waals surface area contributed by atoms with Gasteiger partial charge in [0.05, 0.1) is 0 Å². The van der Waals surface area contributed by atoms with E-state index in [9.17, 15) is 4.79 Å². The predicted molar refractivity (Wildman–Crippen MR) is 83.3 cm³/mol. The Bertz CT molecular complexity index is 589. The molecule has 0 aliphatic rings. The Balaban J connectivity index is 2.17. The van der Waals surface area contributed by atoms with Gasteiger partial charge in [0.25, 0.3) is 5.91 Å². The first-order valence-corrected chi connectivity index (χ1v) is 7.43. The lowest BCUT2D eigenvalue weighted by Gasteiger charge is -2.17. The number of rotatable bonds is 4. The maximum Gasteiger partial charge on any atom is 0.277 e. The van der Waals surface area contributed by atoms with Crippen LogP contribution in [-0.4, -0.2) is 17.9 Å². The lowest BCUT2D eigenvalue weighted by Crippen LogP contribution is -2.26. The first-order chi connectivity index (χ1) is 9.52. The molecule has 1 amide bonds. The fourth-order valence-electron chi connectivity index (χ4n) is 1.87. The minimum Gasteiger partial charge on any atom is -0.325 e. The van der Waals surface area contributed by atoms with E-state index in [4.69, 9.17) is 5.73 Å². The van der Waals surface area contributed by atoms with Crippen LogP contribution in [0.15, 0.2) is 29.6 Å². The highest BCUT2D eigenvalue weighted by Crippen LogP contribution is 2.21. The number of nitrogens with zero attached hydrogens (tertiary/aromatic N) is 2. The molecule has 0 saturated heterocycles. The molecule has 4 nitrogen and oxygen atoms in total. The standard InChI is InChI=1S/C15H19N3OS/c1-10(2)11-4-6-12(7-5-11)18(3)15(19)13-9-20-14(8-16)17-13/h4-7,9-10H,8,16H2,1-3H3. The second-order valence-corrected chi connectivity index (χ2v) is 5.88. The average Bonchev–Trinajstić information content (AvgIpc) is 2.94. The van der Waals surface area contributed by atoms with Crippen LogP contribution >= 0.6 is 11.3 Å². The molecule has 1 heterocycles. The van der Waals surface area contributed by atoms with E-state index in [1.54, 1.807) is 17.3 Å². The van der Waals surface area contributed by atoms with Crippen molar-refractivity contribution in [1.29, 1.82) is 0 Å². The summed E-state index contributed by atoms with van der Waals surface area (Å²) in [5.74, 6) is 0.369. The van der Waals surface area contributed by atoms with Gasteiger partial charge in [-0.25, -0.2) is 4.98 Å². The summed E-state index contributed by atoms with van der Waals surface area (Å²) in [5.41, 5.74) is 8.09. The molecule has 1 aromatic carbocycles. The van der Waals surface area contributed by atoms with Gasteiger partial charge in [0.15, 0.2) is 0 Å². The number of carbonyl (C=O) groups is 1. The molecular formula is C15H19N3OS. The van der Waals surface area contributed by atoms with E-state index >= 15 is 0 Å². The molecule has 20 heavy (non-hydrogen) atoms. The SMILES string of the molecule is CC(C)c1ccc(N(C)C(=O)c2csc(CN)n2)cc1. The van der Waals surface area contributed by atoms with Crippen molar-refractivity contribution < 1.29 is 4.79 Å². The maximum absolute atomic E-state index is 12.3. The molecule has 106 valence electrons. The Morgan fingerprint density at radius 1 is 1.35 bits per heavy atom. The molecule has 0 fully saturated rings. The van der Waals surface area contributed by atoms with Gasteiger partial charge in [-0.3, -0.25) is 4.79 Å². The number of aromatic nitrogens is 1. The normalized spacial score (nSPS) is 10.8. The lowest BCUT2D eigenvalue weighted by atomic mass is 10.0. The minimum absolute atomic E-state index is 0.113. The van der Waals surface area contributed by atoms with Crippen molar-refractivity contribution in [3.8, 4) is 0 Å². The molecule has 1 aromatic heterocycles. The highest BCUT2D eigenvalue weighted by molar-refractivity contribution is 7.09. The van der Waals surface area contributed by atoms with Crippen LogP contribution in [0.5, 0.6) is 0 Å². The van der Waals surface area contributed by atoms with Crippen LogP contribution in [0, 0.1) is 0 Å². The number of carbonyl (C=O) groups excluding carboxylic acids is 1. The molecule has 5 heteroatoms. The van der Waals surface area contributed by atoms with E-state index in [2.05, 4.69) is 31.0 Å². The first-order valence-electron chi connectivity index (χ1n) is 6.55. The largest absolute Gasteiger partial charge is 0.325 e. The van der Waals surface area contributed by atoms with E-state index in [0.717, 1.165) is 10.7 Å². The number of nitrogens with two attached hydrogens (primary N) is 1. The predicted octanol–water partition coefficient (Wildman–Crippen LogP) is 3.00. The molecule has 0 unspecified atom stereocenters. The van der Waals surface area contributed by atoms with Crippen LogP contribution in [0.2, 0.25) is 0 Å². The second kappa shape index (κ2) is 6.15. The Morgan fingerprint density at radius 2 is 2.00 bits per heavy atom. The molecule has 0 bridgehead atoms. The summed E-state index contributed by atoms with van der Waals surface area (Å²) in [7, 11) is 1.76. The Kier molecular flexibility index (Phi) is 4.52. The Morgan fingerprint density at radius 3 is 2.50 bits per heavy atom. The molecule has 0 spiro atoms. The van der Waals surface area contributed by atoms with Gasteiger partial charge in [-0.05, 0) is 23.6 Å². The van der Waals surface area contributed by atoms with E-state index in [-0.39, 0.29) is 5.91 Å². The van der Waals surface area contributed by atoms with Crippen molar-refractivity contribution in [2.75, 3.05) is 11.9 Å². The van der Waals surface area contributed by atoms with E-state index < -0.39 is 0 Å². The smallest absolute Gasteiger partial charge is 0.277 e. The van der Waals surface area contributed by atoms with Gasteiger partial charge >= 0.3 is 0 Å². The van der Waals surface area contributed by atoms with Crippen molar-refractivity contribution in [2.45, 2.75) is 26.3 Å². The summed E-state index contributed by atoms with van der Waals surface area (Å²) in [4.78, 5) is 18.2. The van der Waals surface area contributed by atoms with Crippen LogP contribution in [0.3, 0.4) is 0 Å². The van der Waals surface area contributed by atoms with Gasteiger partial charge < -0.3 is 10.6 Å². The third-order valence-electron chi connectivity index (χ3n) is 3.20. The number of hydrogen-bond acceptors (Lipinski definition) is 4. The van der Waals surface area contributed by atoms with Crippen LogP contribution in [-0.2, 0) is 6.54 Å². The third-order valence-corrected chi connectivity index (χ3v) is 4.07.